The largest absolute Gasteiger partial charge is 0.495 e. The first-order chi connectivity index (χ1) is 14.4. The van der Waals surface area contributed by atoms with Crippen molar-refractivity contribution in [3.8, 4) is 5.75 Å². The number of amides is 2. The standard InChI is InChI=1S/C23H27N3O3S/c1-5-13-26-22(28)19(14-20(27)24-17-11-6-7-12-18(17)29-4)30-23(26)25-21-15(2)9-8-10-16(21)3/h6-12,19H,5,13-14H2,1-4H3,(H,24,27)/t19-/m1/s1. The molecular formula is C23H27N3O3S. The summed E-state index contributed by atoms with van der Waals surface area (Å²) in [5, 5.41) is 3.02. The first-order valence-corrected chi connectivity index (χ1v) is 10.9. The molecule has 2 aromatic carbocycles. The van der Waals surface area contributed by atoms with Gasteiger partial charge >= 0.3 is 0 Å². The molecule has 1 fully saturated rings. The minimum atomic E-state index is -0.491. The van der Waals surface area contributed by atoms with Gasteiger partial charge in [0, 0.05) is 13.0 Å². The average Bonchev–Trinajstić information content (AvgIpc) is 3.00. The molecule has 30 heavy (non-hydrogen) atoms. The van der Waals surface area contributed by atoms with Gasteiger partial charge in [-0.15, -0.1) is 0 Å². The normalized spacial score (nSPS) is 17.5. The van der Waals surface area contributed by atoms with Gasteiger partial charge in [-0.1, -0.05) is 49.0 Å². The lowest BCUT2D eigenvalue weighted by atomic mass is 10.1. The van der Waals surface area contributed by atoms with E-state index in [-0.39, 0.29) is 18.2 Å². The molecule has 1 heterocycles. The summed E-state index contributed by atoms with van der Waals surface area (Å²) in [5.74, 6) is 0.290. The number of ether oxygens (including phenoxy) is 1. The first kappa shape index (κ1) is 21.9. The van der Waals surface area contributed by atoms with Crippen LogP contribution in [0.4, 0.5) is 11.4 Å². The number of para-hydroxylation sites is 3. The van der Waals surface area contributed by atoms with Gasteiger partial charge in [-0.2, -0.15) is 0 Å². The zero-order valence-electron chi connectivity index (χ0n) is 17.8. The van der Waals surface area contributed by atoms with Crippen molar-refractivity contribution in [1.29, 1.82) is 0 Å². The van der Waals surface area contributed by atoms with E-state index in [2.05, 4.69) is 5.32 Å². The summed E-state index contributed by atoms with van der Waals surface area (Å²) in [6.07, 6.45) is 0.895. The van der Waals surface area contributed by atoms with E-state index in [1.807, 2.05) is 51.1 Å². The summed E-state index contributed by atoms with van der Waals surface area (Å²) in [5.41, 5.74) is 3.59. The van der Waals surface area contributed by atoms with Gasteiger partial charge in [-0.25, -0.2) is 4.99 Å². The van der Waals surface area contributed by atoms with Crippen LogP contribution < -0.4 is 10.1 Å². The molecule has 0 bridgehead atoms. The summed E-state index contributed by atoms with van der Waals surface area (Å²) < 4.78 is 5.28. The Morgan fingerprint density at radius 3 is 2.53 bits per heavy atom. The first-order valence-electron chi connectivity index (χ1n) is 10.0. The number of methoxy groups -OCH3 is 1. The van der Waals surface area contributed by atoms with Crippen molar-refractivity contribution >= 4 is 40.1 Å². The summed E-state index contributed by atoms with van der Waals surface area (Å²) in [7, 11) is 1.56. The van der Waals surface area contributed by atoms with Gasteiger partial charge in [0.05, 0.1) is 18.5 Å². The summed E-state index contributed by atoms with van der Waals surface area (Å²) in [6, 6.07) is 13.2. The van der Waals surface area contributed by atoms with E-state index in [0.717, 1.165) is 23.2 Å². The molecule has 158 valence electrons. The van der Waals surface area contributed by atoms with Crippen LogP contribution in [0, 0.1) is 13.8 Å². The topological polar surface area (TPSA) is 71.0 Å². The Hall–Kier alpha value is -2.80. The molecule has 0 aliphatic carbocycles. The van der Waals surface area contributed by atoms with E-state index >= 15 is 0 Å². The van der Waals surface area contributed by atoms with Gasteiger partial charge in [0.15, 0.2) is 5.17 Å². The van der Waals surface area contributed by atoms with Crippen LogP contribution in [-0.4, -0.2) is 40.8 Å². The maximum Gasteiger partial charge on any atom is 0.242 e. The van der Waals surface area contributed by atoms with E-state index < -0.39 is 5.25 Å². The van der Waals surface area contributed by atoms with Crippen molar-refractivity contribution in [3.63, 3.8) is 0 Å². The monoisotopic (exact) mass is 425 g/mol. The highest BCUT2D eigenvalue weighted by Crippen LogP contribution is 2.34. The minimum Gasteiger partial charge on any atom is -0.495 e. The number of rotatable bonds is 7. The number of anilines is 1. The van der Waals surface area contributed by atoms with Gasteiger partial charge in [-0.05, 0) is 43.5 Å². The number of nitrogens with zero attached hydrogens (tertiary/aromatic N) is 2. The number of aliphatic imine (C=N–C) groups is 1. The molecule has 1 aliphatic rings. The molecule has 2 aromatic rings. The second-order valence-electron chi connectivity index (χ2n) is 7.18. The summed E-state index contributed by atoms with van der Waals surface area (Å²) in [4.78, 5) is 32.1. The van der Waals surface area contributed by atoms with Crippen molar-refractivity contribution in [3.05, 3.63) is 53.6 Å². The minimum absolute atomic E-state index is 0.0676. The fourth-order valence-electron chi connectivity index (χ4n) is 3.35. The van der Waals surface area contributed by atoms with E-state index in [1.54, 1.807) is 24.1 Å². The molecule has 0 spiro atoms. The lowest BCUT2D eigenvalue weighted by Crippen LogP contribution is -2.34. The highest BCUT2D eigenvalue weighted by Gasteiger charge is 2.38. The molecular weight excluding hydrogens is 398 g/mol. The van der Waals surface area contributed by atoms with Gasteiger partial charge in [0.25, 0.3) is 0 Å². The lowest BCUT2D eigenvalue weighted by molar-refractivity contribution is -0.128. The van der Waals surface area contributed by atoms with Crippen LogP contribution in [0.2, 0.25) is 0 Å². The molecule has 0 aromatic heterocycles. The van der Waals surface area contributed by atoms with Crippen molar-refractivity contribution in [2.75, 3.05) is 19.0 Å². The van der Waals surface area contributed by atoms with Crippen LogP contribution in [0.25, 0.3) is 0 Å². The average molecular weight is 426 g/mol. The highest BCUT2D eigenvalue weighted by molar-refractivity contribution is 8.15. The number of thioether (sulfide) groups is 1. The maximum atomic E-state index is 13.0. The van der Waals surface area contributed by atoms with Crippen LogP contribution >= 0.6 is 11.8 Å². The molecule has 3 rings (SSSR count). The van der Waals surface area contributed by atoms with Gasteiger partial charge in [-0.3, -0.25) is 14.5 Å². The number of aryl methyl sites for hydroxylation is 2. The van der Waals surface area contributed by atoms with Crippen LogP contribution in [-0.2, 0) is 9.59 Å². The fourth-order valence-corrected chi connectivity index (χ4v) is 4.52. The van der Waals surface area contributed by atoms with E-state index in [0.29, 0.717) is 23.1 Å². The number of benzene rings is 2. The van der Waals surface area contributed by atoms with Gasteiger partial charge in [0.1, 0.15) is 11.0 Å². The van der Waals surface area contributed by atoms with Crippen LogP contribution in [0.5, 0.6) is 5.75 Å². The quantitative estimate of drug-likeness (QED) is 0.699. The predicted molar refractivity (Wildman–Crippen MR) is 123 cm³/mol. The van der Waals surface area contributed by atoms with Crippen LogP contribution in [0.1, 0.15) is 30.9 Å². The summed E-state index contributed by atoms with van der Waals surface area (Å²) >= 11 is 1.36. The fraction of sp³-hybridized carbons (Fsp3) is 0.348. The molecule has 1 saturated heterocycles. The van der Waals surface area contributed by atoms with Crippen molar-refractivity contribution < 1.29 is 14.3 Å². The Morgan fingerprint density at radius 2 is 1.87 bits per heavy atom. The number of amidine groups is 1. The molecule has 0 saturated carbocycles. The number of hydrogen-bond acceptors (Lipinski definition) is 5. The second-order valence-corrected chi connectivity index (χ2v) is 8.35. The SMILES string of the molecule is CCCN1C(=O)[C@@H](CC(=O)Nc2ccccc2OC)SC1=Nc1c(C)cccc1C. The number of nitrogens with one attached hydrogen (secondary N) is 1. The Labute approximate surface area is 181 Å². The molecule has 6 nitrogen and oxygen atoms in total. The Kier molecular flexibility index (Phi) is 7.15. The molecule has 7 heteroatoms. The number of carbonyl (C=O) groups is 2. The molecule has 1 N–H and O–H groups in total. The van der Waals surface area contributed by atoms with Crippen LogP contribution in [0.3, 0.4) is 0 Å². The predicted octanol–water partition coefficient (Wildman–Crippen LogP) is 4.68. The molecule has 2 amide bonds. The number of carbonyl (C=O) groups excluding carboxylic acids is 2. The van der Waals surface area contributed by atoms with Gasteiger partial charge in [0.2, 0.25) is 11.8 Å². The molecule has 0 radical (unpaired) electrons. The zero-order chi connectivity index (χ0) is 21.7. The van der Waals surface area contributed by atoms with Crippen molar-refractivity contribution in [1.82, 2.24) is 4.90 Å². The van der Waals surface area contributed by atoms with Crippen LogP contribution in [0.15, 0.2) is 47.5 Å². The third-order valence-electron chi connectivity index (χ3n) is 4.87. The van der Waals surface area contributed by atoms with E-state index in [4.69, 9.17) is 9.73 Å². The summed E-state index contributed by atoms with van der Waals surface area (Å²) in [6.45, 7) is 6.63. The third-order valence-corrected chi connectivity index (χ3v) is 6.04. The molecule has 0 unspecified atom stereocenters. The third kappa shape index (κ3) is 4.84. The molecule has 1 atom stereocenters. The smallest absolute Gasteiger partial charge is 0.242 e. The number of hydrogen-bond donors (Lipinski definition) is 1. The zero-order valence-corrected chi connectivity index (χ0v) is 18.6. The maximum absolute atomic E-state index is 13.0. The lowest BCUT2D eigenvalue weighted by Gasteiger charge is -2.16. The van der Waals surface area contributed by atoms with Crippen molar-refractivity contribution in [2.24, 2.45) is 4.99 Å². The van der Waals surface area contributed by atoms with Gasteiger partial charge < -0.3 is 10.1 Å². The van der Waals surface area contributed by atoms with Crippen molar-refractivity contribution in [2.45, 2.75) is 38.9 Å². The second kappa shape index (κ2) is 9.80. The Bertz CT molecular complexity index is 954. The van der Waals surface area contributed by atoms with E-state index in [1.165, 1.54) is 11.8 Å². The highest BCUT2D eigenvalue weighted by atomic mass is 32.2. The Morgan fingerprint density at radius 1 is 1.17 bits per heavy atom. The molecule has 1 aliphatic heterocycles. The van der Waals surface area contributed by atoms with E-state index in [9.17, 15) is 9.59 Å². The Balaban J connectivity index is 1.79.